The van der Waals surface area contributed by atoms with Gasteiger partial charge in [0.05, 0.1) is 0 Å². The standard InChI is InChI=1S/C14H18BrNO4/c1-9(2)16(8-13(17)18)14(19)10(3)20-12-6-4-5-11(15)7-12/h4-7,9-10H,8H2,1-3H3,(H,17,18). The van der Waals surface area contributed by atoms with Gasteiger partial charge in [0.15, 0.2) is 6.10 Å². The van der Waals surface area contributed by atoms with Gasteiger partial charge in [-0.1, -0.05) is 22.0 Å². The third-order valence-corrected chi connectivity index (χ3v) is 3.16. The highest BCUT2D eigenvalue weighted by Gasteiger charge is 2.26. The van der Waals surface area contributed by atoms with E-state index in [1.807, 2.05) is 6.07 Å². The number of ether oxygens (including phenoxy) is 1. The van der Waals surface area contributed by atoms with Gasteiger partial charge in [-0.15, -0.1) is 0 Å². The van der Waals surface area contributed by atoms with Crippen molar-refractivity contribution in [2.75, 3.05) is 6.54 Å². The van der Waals surface area contributed by atoms with Gasteiger partial charge in [0.1, 0.15) is 12.3 Å². The van der Waals surface area contributed by atoms with E-state index in [1.165, 1.54) is 4.90 Å². The SMILES string of the molecule is CC(Oc1cccc(Br)c1)C(=O)N(CC(=O)O)C(C)C. The fourth-order valence-electron chi connectivity index (χ4n) is 1.69. The number of carbonyl (C=O) groups is 2. The Kier molecular flexibility index (Phi) is 6.01. The fraction of sp³-hybridized carbons (Fsp3) is 0.429. The summed E-state index contributed by atoms with van der Waals surface area (Å²) in [6.07, 6.45) is -0.744. The maximum absolute atomic E-state index is 12.2. The predicted molar refractivity (Wildman–Crippen MR) is 78.7 cm³/mol. The van der Waals surface area contributed by atoms with Crippen LogP contribution in [-0.4, -0.2) is 40.6 Å². The average molecular weight is 344 g/mol. The molecule has 0 saturated heterocycles. The number of benzene rings is 1. The first kappa shape index (κ1) is 16.5. The second kappa shape index (κ2) is 7.28. The van der Waals surface area contributed by atoms with Gasteiger partial charge in [0.2, 0.25) is 0 Å². The van der Waals surface area contributed by atoms with Crippen LogP contribution in [0.3, 0.4) is 0 Å². The van der Waals surface area contributed by atoms with Crippen molar-refractivity contribution in [3.8, 4) is 5.75 Å². The van der Waals surface area contributed by atoms with Crippen LogP contribution in [0.4, 0.5) is 0 Å². The van der Waals surface area contributed by atoms with Crippen LogP contribution in [0.25, 0.3) is 0 Å². The van der Waals surface area contributed by atoms with Crippen molar-refractivity contribution >= 4 is 27.8 Å². The molecule has 0 aromatic heterocycles. The molecule has 0 fully saturated rings. The quantitative estimate of drug-likeness (QED) is 0.861. The molecule has 1 N–H and O–H groups in total. The number of aliphatic carboxylic acids is 1. The molecule has 0 heterocycles. The molecular weight excluding hydrogens is 326 g/mol. The van der Waals surface area contributed by atoms with E-state index in [-0.39, 0.29) is 18.5 Å². The van der Waals surface area contributed by atoms with Gasteiger partial charge in [-0.05, 0) is 39.0 Å². The number of hydrogen-bond donors (Lipinski definition) is 1. The van der Waals surface area contributed by atoms with Gasteiger partial charge in [-0.3, -0.25) is 9.59 Å². The minimum absolute atomic E-state index is 0.202. The van der Waals surface area contributed by atoms with Crippen LogP contribution in [0.2, 0.25) is 0 Å². The number of amides is 1. The summed E-state index contributed by atoms with van der Waals surface area (Å²) in [5, 5.41) is 8.85. The number of carboxylic acid groups (broad SMARTS) is 1. The number of carboxylic acids is 1. The Balaban J connectivity index is 2.76. The molecular formula is C14H18BrNO4. The number of nitrogens with zero attached hydrogens (tertiary/aromatic N) is 1. The zero-order chi connectivity index (χ0) is 15.3. The van der Waals surface area contributed by atoms with Crippen LogP contribution in [0.5, 0.6) is 5.75 Å². The molecule has 1 atom stereocenters. The maximum Gasteiger partial charge on any atom is 0.323 e. The van der Waals surface area contributed by atoms with Crippen molar-refractivity contribution in [1.82, 2.24) is 4.90 Å². The molecule has 110 valence electrons. The van der Waals surface area contributed by atoms with Crippen LogP contribution in [0.15, 0.2) is 28.7 Å². The molecule has 5 nitrogen and oxygen atoms in total. The third-order valence-electron chi connectivity index (χ3n) is 2.67. The van der Waals surface area contributed by atoms with Crippen LogP contribution >= 0.6 is 15.9 Å². The van der Waals surface area contributed by atoms with E-state index in [1.54, 1.807) is 39.0 Å². The Hall–Kier alpha value is -1.56. The van der Waals surface area contributed by atoms with Crippen molar-refractivity contribution in [1.29, 1.82) is 0 Å². The van der Waals surface area contributed by atoms with Gasteiger partial charge >= 0.3 is 5.97 Å². The minimum atomic E-state index is -1.04. The van der Waals surface area contributed by atoms with Gasteiger partial charge in [-0.25, -0.2) is 0 Å². The Morgan fingerprint density at radius 1 is 1.35 bits per heavy atom. The lowest BCUT2D eigenvalue weighted by Gasteiger charge is -2.28. The molecule has 20 heavy (non-hydrogen) atoms. The van der Waals surface area contributed by atoms with Gasteiger partial charge in [0, 0.05) is 10.5 Å². The Morgan fingerprint density at radius 3 is 2.50 bits per heavy atom. The van der Waals surface area contributed by atoms with E-state index in [0.29, 0.717) is 5.75 Å². The molecule has 1 rings (SSSR count). The first-order valence-electron chi connectivity index (χ1n) is 6.25. The monoisotopic (exact) mass is 343 g/mol. The summed E-state index contributed by atoms with van der Waals surface area (Å²) in [6.45, 7) is 4.82. The number of hydrogen-bond acceptors (Lipinski definition) is 3. The molecule has 1 aromatic carbocycles. The summed E-state index contributed by atoms with van der Waals surface area (Å²) in [5.41, 5.74) is 0. The first-order chi connectivity index (χ1) is 9.31. The van der Waals surface area contributed by atoms with E-state index in [4.69, 9.17) is 9.84 Å². The van der Waals surface area contributed by atoms with E-state index >= 15 is 0 Å². The maximum atomic E-state index is 12.2. The lowest BCUT2D eigenvalue weighted by Crippen LogP contribution is -2.46. The summed E-state index contributed by atoms with van der Waals surface area (Å²) < 4.78 is 6.40. The Bertz CT molecular complexity index is 490. The molecule has 0 spiro atoms. The molecule has 0 radical (unpaired) electrons. The van der Waals surface area contributed by atoms with Crippen molar-refractivity contribution < 1.29 is 19.4 Å². The lowest BCUT2D eigenvalue weighted by molar-refractivity contribution is -0.149. The van der Waals surface area contributed by atoms with Gasteiger partial charge in [0.25, 0.3) is 5.91 Å². The molecule has 1 unspecified atom stereocenters. The fourth-order valence-corrected chi connectivity index (χ4v) is 2.07. The van der Waals surface area contributed by atoms with Gasteiger partial charge < -0.3 is 14.7 Å². The number of carbonyl (C=O) groups excluding carboxylic acids is 1. The third kappa shape index (κ3) is 4.85. The van der Waals surface area contributed by atoms with Crippen molar-refractivity contribution in [3.63, 3.8) is 0 Å². The lowest BCUT2D eigenvalue weighted by atomic mass is 10.2. The summed E-state index contributed by atoms with van der Waals surface area (Å²) in [4.78, 5) is 24.3. The van der Waals surface area contributed by atoms with Crippen LogP contribution in [-0.2, 0) is 9.59 Å². The van der Waals surface area contributed by atoms with Crippen molar-refractivity contribution in [3.05, 3.63) is 28.7 Å². The topological polar surface area (TPSA) is 66.8 Å². The van der Waals surface area contributed by atoms with Crippen LogP contribution in [0, 0.1) is 0 Å². The van der Waals surface area contributed by atoms with E-state index in [0.717, 1.165) is 4.47 Å². The van der Waals surface area contributed by atoms with E-state index in [9.17, 15) is 9.59 Å². The molecule has 1 aromatic rings. The minimum Gasteiger partial charge on any atom is -0.481 e. The molecule has 1 amide bonds. The molecule has 0 aliphatic heterocycles. The van der Waals surface area contributed by atoms with Crippen LogP contribution < -0.4 is 4.74 Å². The second-order valence-electron chi connectivity index (χ2n) is 4.67. The molecule has 0 aliphatic rings. The van der Waals surface area contributed by atoms with Crippen molar-refractivity contribution in [2.45, 2.75) is 32.9 Å². The van der Waals surface area contributed by atoms with Crippen molar-refractivity contribution in [2.24, 2.45) is 0 Å². The summed E-state index contributed by atoms with van der Waals surface area (Å²) in [6, 6.07) is 6.94. The predicted octanol–water partition coefficient (Wildman–Crippen LogP) is 2.54. The van der Waals surface area contributed by atoms with Gasteiger partial charge in [-0.2, -0.15) is 0 Å². The molecule has 0 aliphatic carbocycles. The smallest absolute Gasteiger partial charge is 0.323 e. The second-order valence-corrected chi connectivity index (χ2v) is 5.59. The average Bonchev–Trinajstić information content (AvgIpc) is 2.34. The number of halogens is 1. The highest BCUT2D eigenvalue weighted by molar-refractivity contribution is 9.10. The van der Waals surface area contributed by atoms with E-state index < -0.39 is 12.1 Å². The zero-order valence-corrected chi connectivity index (χ0v) is 13.3. The van der Waals surface area contributed by atoms with Crippen LogP contribution in [0.1, 0.15) is 20.8 Å². The zero-order valence-electron chi connectivity index (χ0n) is 11.7. The Labute approximate surface area is 126 Å². The highest BCUT2D eigenvalue weighted by Crippen LogP contribution is 2.19. The first-order valence-corrected chi connectivity index (χ1v) is 7.05. The summed E-state index contributed by atoms with van der Waals surface area (Å²) >= 11 is 3.32. The summed E-state index contributed by atoms with van der Waals surface area (Å²) in [5.74, 6) is -0.830. The highest BCUT2D eigenvalue weighted by atomic mass is 79.9. The van der Waals surface area contributed by atoms with E-state index in [2.05, 4.69) is 15.9 Å². The summed E-state index contributed by atoms with van der Waals surface area (Å²) in [7, 11) is 0. The normalized spacial score (nSPS) is 12.1. The largest absolute Gasteiger partial charge is 0.481 e. The molecule has 6 heteroatoms. The molecule has 0 saturated carbocycles. The Morgan fingerprint density at radius 2 is 2.00 bits per heavy atom. The molecule has 0 bridgehead atoms. The number of rotatable bonds is 6.